The first-order valence-corrected chi connectivity index (χ1v) is 10.8. The number of carbonyl (C=O) groups is 1. The molecule has 0 radical (unpaired) electrons. The normalized spacial score (nSPS) is 16.3. The summed E-state index contributed by atoms with van der Waals surface area (Å²) < 4.78 is 4.92. The standard InChI is InChI=1S/C18H15ClN6OS2/c1-20-17(26)8-2-3-9-13(4-8)27-18-15(9)16(21-7-22-18)23-11-6-14-12(5-10(11)19)24-25-28-14/h5-8H,2-4H2,1H3,(H,20,26)(H,21,22,23)/t8-/m0/s1. The summed E-state index contributed by atoms with van der Waals surface area (Å²) in [6.45, 7) is 0. The highest BCUT2D eigenvalue weighted by Crippen LogP contribution is 2.41. The molecule has 1 amide bonds. The van der Waals surface area contributed by atoms with Gasteiger partial charge in [-0.3, -0.25) is 4.79 Å². The maximum absolute atomic E-state index is 12.1. The van der Waals surface area contributed by atoms with E-state index in [1.165, 1.54) is 22.0 Å². The molecule has 142 valence electrons. The Morgan fingerprint density at radius 2 is 2.21 bits per heavy atom. The van der Waals surface area contributed by atoms with Crippen LogP contribution in [0.1, 0.15) is 16.9 Å². The van der Waals surface area contributed by atoms with Crippen LogP contribution in [0.5, 0.6) is 0 Å². The highest BCUT2D eigenvalue weighted by molar-refractivity contribution is 7.19. The first kappa shape index (κ1) is 17.7. The van der Waals surface area contributed by atoms with Crippen molar-refractivity contribution in [3.63, 3.8) is 0 Å². The third-order valence-corrected chi connectivity index (χ3v) is 7.21. The van der Waals surface area contributed by atoms with Crippen molar-refractivity contribution in [2.24, 2.45) is 5.92 Å². The van der Waals surface area contributed by atoms with Crippen molar-refractivity contribution >= 4 is 72.3 Å². The summed E-state index contributed by atoms with van der Waals surface area (Å²) in [5, 5.41) is 11.8. The monoisotopic (exact) mass is 430 g/mol. The minimum atomic E-state index is 0.0191. The van der Waals surface area contributed by atoms with Gasteiger partial charge in [-0.15, -0.1) is 16.4 Å². The minimum Gasteiger partial charge on any atom is -0.359 e. The molecule has 0 saturated heterocycles. The van der Waals surface area contributed by atoms with Gasteiger partial charge in [0.1, 0.15) is 22.5 Å². The molecular weight excluding hydrogens is 416 g/mol. The van der Waals surface area contributed by atoms with E-state index in [1.54, 1.807) is 30.8 Å². The molecule has 5 rings (SSSR count). The highest BCUT2D eigenvalue weighted by atomic mass is 35.5. The fourth-order valence-electron chi connectivity index (χ4n) is 3.66. The number of benzene rings is 1. The van der Waals surface area contributed by atoms with Crippen molar-refractivity contribution < 1.29 is 4.79 Å². The van der Waals surface area contributed by atoms with E-state index in [9.17, 15) is 4.79 Å². The SMILES string of the molecule is CNC(=O)[C@H]1CCc2c(sc3ncnc(Nc4cc5snnc5cc4Cl)c23)C1. The first-order chi connectivity index (χ1) is 13.6. The summed E-state index contributed by atoms with van der Waals surface area (Å²) in [5.41, 5.74) is 2.78. The Labute approximate surface area is 173 Å². The van der Waals surface area contributed by atoms with E-state index in [2.05, 4.69) is 30.2 Å². The van der Waals surface area contributed by atoms with Gasteiger partial charge in [0.25, 0.3) is 0 Å². The van der Waals surface area contributed by atoms with Crippen LogP contribution in [0.25, 0.3) is 20.4 Å². The van der Waals surface area contributed by atoms with E-state index < -0.39 is 0 Å². The van der Waals surface area contributed by atoms with Crippen LogP contribution in [0.2, 0.25) is 5.02 Å². The molecule has 4 aromatic rings. The number of nitrogens with zero attached hydrogens (tertiary/aromatic N) is 4. The molecule has 0 spiro atoms. The molecule has 0 fully saturated rings. The number of hydrogen-bond donors (Lipinski definition) is 2. The summed E-state index contributed by atoms with van der Waals surface area (Å²) in [7, 11) is 1.69. The van der Waals surface area contributed by atoms with Crippen LogP contribution in [-0.4, -0.2) is 32.5 Å². The van der Waals surface area contributed by atoms with Gasteiger partial charge in [0, 0.05) is 17.8 Å². The van der Waals surface area contributed by atoms with Crippen molar-refractivity contribution in [1.29, 1.82) is 0 Å². The number of halogens is 1. The van der Waals surface area contributed by atoms with Crippen molar-refractivity contribution in [2.45, 2.75) is 19.3 Å². The summed E-state index contributed by atoms with van der Waals surface area (Å²) in [4.78, 5) is 23.1. The van der Waals surface area contributed by atoms with Crippen molar-refractivity contribution in [3.05, 3.63) is 33.9 Å². The molecule has 2 N–H and O–H groups in total. The number of hydrogen-bond acceptors (Lipinski definition) is 8. The molecule has 1 aliphatic carbocycles. The zero-order valence-electron chi connectivity index (χ0n) is 14.8. The van der Waals surface area contributed by atoms with Crippen molar-refractivity contribution in [3.8, 4) is 0 Å². The number of aryl methyl sites for hydroxylation is 1. The second kappa shape index (κ2) is 6.91. The van der Waals surface area contributed by atoms with Crippen LogP contribution in [0.4, 0.5) is 11.5 Å². The van der Waals surface area contributed by atoms with Crippen LogP contribution in [-0.2, 0) is 17.6 Å². The number of anilines is 2. The maximum atomic E-state index is 12.1. The quantitative estimate of drug-likeness (QED) is 0.511. The zero-order valence-corrected chi connectivity index (χ0v) is 17.2. The van der Waals surface area contributed by atoms with Crippen molar-refractivity contribution in [2.75, 3.05) is 12.4 Å². The van der Waals surface area contributed by atoms with Crippen molar-refractivity contribution in [1.82, 2.24) is 24.9 Å². The summed E-state index contributed by atoms with van der Waals surface area (Å²) in [6, 6.07) is 3.74. The first-order valence-electron chi connectivity index (χ1n) is 8.79. The highest BCUT2D eigenvalue weighted by Gasteiger charge is 2.28. The Kier molecular flexibility index (Phi) is 4.37. The molecule has 0 unspecified atom stereocenters. The van der Waals surface area contributed by atoms with Gasteiger partial charge in [-0.2, -0.15) is 0 Å². The molecule has 10 heteroatoms. The Morgan fingerprint density at radius 1 is 1.32 bits per heavy atom. The average Bonchev–Trinajstić information content (AvgIpc) is 3.31. The molecule has 3 aromatic heterocycles. The van der Waals surface area contributed by atoms with E-state index in [4.69, 9.17) is 11.6 Å². The van der Waals surface area contributed by atoms with E-state index in [1.807, 2.05) is 6.07 Å². The Bertz CT molecular complexity index is 1220. The van der Waals surface area contributed by atoms with E-state index >= 15 is 0 Å². The van der Waals surface area contributed by atoms with Gasteiger partial charge in [0.15, 0.2) is 0 Å². The molecular formula is C18H15ClN6OS2. The molecule has 1 aromatic carbocycles. The Hall–Kier alpha value is -2.36. The number of aromatic nitrogens is 4. The van der Waals surface area contributed by atoms with E-state index in [0.717, 1.165) is 51.2 Å². The van der Waals surface area contributed by atoms with Gasteiger partial charge in [-0.25, -0.2) is 9.97 Å². The van der Waals surface area contributed by atoms with Gasteiger partial charge in [-0.1, -0.05) is 16.1 Å². The molecule has 28 heavy (non-hydrogen) atoms. The second-order valence-electron chi connectivity index (χ2n) is 6.66. The van der Waals surface area contributed by atoms with E-state index in [-0.39, 0.29) is 11.8 Å². The van der Waals surface area contributed by atoms with Gasteiger partial charge in [0.05, 0.1) is 20.8 Å². The fourth-order valence-corrected chi connectivity index (χ4v) is 5.71. The second-order valence-corrected chi connectivity index (χ2v) is 8.93. The molecule has 0 bridgehead atoms. The molecule has 0 saturated carbocycles. The summed E-state index contributed by atoms with van der Waals surface area (Å²) in [6.07, 6.45) is 3.96. The number of thiophene rings is 1. The smallest absolute Gasteiger partial charge is 0.223 e. The van der Waals surface area contributed by atoms with Crippen LogP contribution >= 0.6 is 34.5 Å². The number of nitrogens with one attached hydrogen (secondary N) is 2. The topological polar surface area (TPSA) is 92.7 Å². The fraction of sp³-hybridized carbons (Fsp3) is 0.278. The third kappa shape index (κ3) is 2.90. The Balaban J connectivity index is 1.56. The molecule has 0 aliphatic heterocycles. The maximum Gasteiger partial charge on any atom is 0.223 e. The minimum absolute atomic E-state index is 0.0191. The lowest BCUT2D eigenvalue weighted by atomic mass is 9.87. The lowest BCUT2D eigenvalue weighted by Gasteiger charge is -2.21. The third-order valence-electron chi connectivity index (χ3n) is 5.05. The molecule has 1 atom stereocenters. The predicted octanol–water partition coefficient (Wildman–Crippen LogP) is 3.94. The summed E-state index contributed by atoms with van der Waals surface area (Å²) in [5.74, 6) is 0.857. The summed E-state index contributed by atoms with van der Waals surface area (Å²) >= 11 is 9.41. The number of amides is 1. The van der Waals surface area contributed by atoms with Gasteiger partial charge in [0.2, 0.25) is 5.91 Å². The van der Waals surface area contributed by atoms with Crippen LogP contribution < -0.4 is 10.6 Å². The van der Waals surface area contributed by atoms with Crippen LogP contribution in [0.3, 0.4) is 0 Å². The lowest BCUT2D eigenvalue weighted by molar-refractivity contribution is -0.124. The van der Waals surface area contributed by atoms with Gasteiger partial charge in [-0.05, 0) is 48.5 Å². The predicted molar refractivity (Wildman–Crippen MR) is 113 cm³/mol. The molecule has 3 heterocycles. The molecule has 1 aliphatic rings. The van der Waals surface area contributed by atoms with Crippen LogP contribution in [0, 0.1) is 5.92 Å². The zero-order chi connectivity index (χ0) is 19.3. The Morgan fingerprint density at radius 3 is 3.07 bits per heavy atom. The van der Waals surface area contributed by atoms with Crippen LogP contribution in [0.15, 0.2) is 18.5 Å². The largest absolute Gasteiger partial charge is 0.359 e. The van der Waals surface area contributed by atoms with Gasteiger partial charge < -0.3 is 10.6 Å². The number of rotatable bonds is 3. The number of fused-ring (bicyclic) bond motifs is 4. The molecule has 7 nitrogen and oxygen atoms in total. The van der Waals surface area contributed by atoms with Gasteiger partial charge >= 0.3 is 0 Å². The average molecular weight is 431 g/mol. The number of carbonyl (C=O) groups excluding carboxylic acids is 1. The van der Waals surface area contributed by atoms with E-state index in [0.29, 0.717) is 5.02 Å². The lowest BCUT2D eigenvalue weighted by Crippen LogP contribution is -2.31.